The molecule has 29 heavy (non-hydrogen) atoms. The van der Waals surface area contributed by atoms with Crippen molar-refractivity contribution in [2.45, 2.75) is 31.7 Å². The van der Waals surface area contributed by atoms with E-state index in [0.29, 0.717) is 19.5 Å². The molecule has 8 heteroatoms. The van der Waals surface area contributed by atoms with E-state index in [1.807, 2.05) is 48.6 Å². The molecule has 4 rings (SSSR count). The molecule has 1 aromatic heterocycles. The van der Waals surface area contributed by atoms with Crippen LogP contribution in [-0.2, 0) is 23.2 Å². The second-order valence-corrected chi connectivity index (χ2v) is 7.78. The van der Waals surface area contributed by atoms with Gasteiger partial charge in [-0.1, -0.05) is 12.1 Å². The molecule has 2 atom stereocenters. The fraction of sp³-hybridized carbons (Fsp3) is 0.476. The fourth-order valence-electron chi connectivity index (χ4n) is 4.17. The van der Waals surface area contributed by atoms with E-state index in [-0.39, 0.29) is 36.1 Å². The number of hydrogen-bond acceptors (Lipinski definition) is 4. The summed E-state index contributed by atoms with van der Waals surface area (Å²) in [6.45, 7) is 2.86. The summed E-state index contributed by atoms with van der Waals surface area (Å²) in [6.07, 6.45) is 6.51. The molecule has 0 unspecified atom stereocenters. The van der Waals surface area contributed by atoms with E-state index in [0.717, 1.165) is 42.7 Å². The van der Waals surface area contributed by atoms with Crippen molar-refractivity contribution in [2.75, 3.05) is 25.0 Å². The SMILES string of the molecule is Cl.Cn1cc([C@H]2CNC[C@@H]2C(=O)Nc2cccc(CN3CCCCC3=O)c2)cn1. The highest BCUT2D eigenvalue weighted by molar-refractivity contribution is 5.93. The number of anilines is 1. The number of piperidine rings is 1. The number of carbonyl (C=O) groups is 2. The predicted molar refractivity (Wildman–Crippen MR) is 114 cm³/mol. The van der Waals surface area contributed by atoms with Crippen LogP contribution in [0.25, 0.3) is 0 Å². The van der Waals surface area contributed by atoms with Gasteiger partial charge in [0.25, 0.3) is 0 Å². The van der Waals surface area contributed by atoms with Gasteiger partial charge in [0, 0.05) is 57.4 Å². The third-order valence-corrected chi connectivity index (χ3v) is 5.69. The molecule has 2 aliphatic heterocycles. The number of carbonyl (C=O) groups excluding carboxylic acids is 2. The lowest BCUT2D eigenvalue weighted by molar-refractivity contribution is -0.133. The van der Waals surface area contributed by atoms with E-state index >= 15 is 0 Å². The van der Waals surface area contributed by atoms with Crippen LogP contribution < -0.4 is 10.6 Å². The molecule has 0 aliphatic carbocycles. The first-order chi connectivity index (χ1) is 13.6. The number of halogens is 1. The highest BCUT2D eigenvalue weighted by Crippen LogP contribution is 2.29. The van der Waals surface area contributed by atoms with Gasteiger partial charge in [-0.15, -0.1) is 12.4 Å². The molecule has 2 amide bonds. The average Bonchev–Trinajstić information content (AvgIpc) is 3.33. The highest BCUT2D eigenvalue weighted by atomic mass is 35.5. The van der Waals surface area contributed by atoms with E-state index < -0.39 is 0 Å². The molecule has 2 saturated heterocycles. The lowest BCUT2D eigenvalue weighted by atomic mass is 9.90. The maximum atomic E-state index is 12.9. The van der Waals surface area contributed by atoms with Gasteiger partial charge in [0.15, 0.2) is 0 Å². The number of aryl methyl sites for hydroxylation is 1. The smallest absolute Gasteiger partial charge is 0.229 e. The Kier molecular flexibility index (Phi) is 6.92. The van der Waals surface area contributed by atoms with Gasteiger partial charge >= 0.3 is 0 Å². The Morgan fingerprint density at radius 3 is 2.93 bits per heavy atom. The molecular weight excluding hydrogens is 390 g/mol. The molecule has 0 bridgehead atoms. The van der Waals surface area contributed by atoms with E-state index in [4.69, 9.17) is 0 Å². The molecule has 0 radical (unpaired) electrons. The number of rotatable bonds is 5. The van der Waals surface area contributed by atoms with Crippen LogP contribution in [0.2, 0.25) is 0 Å². The third kappa shape index (κ3) is 4.97. The lowest BCUT2D eigenvalue weighted by Gasteiger charge is -2.27. The fourth-order valence-corrected chi connectivity index (χ4v) is 4.17. The zero-order chi connectivity index (χ0) is 19.5. The number of nitrogens with one attached hydrogen (secondary N) is 2. The Balaban J connectivity index is 0.00000240. The van der Waals surface area contributed by atoms with E-state index in [1.165, 1.54) is 0 Å². The van der Waals surface area contributed by atoms with Crippen molar-refractivity contribution < 1.29 is 9.59 Å². The van der Waals surface area contributed by atoms with Gasteiger partial charge in [0.2, 0.25) is 11.8 Å². The first-order valence-corrected chi connectivity index (χ1v) is 9.97. The van der Waals surface area contributed by atoms with Crippen LogP contribution in [0.3, 0.4) is 0 Å². The van der Waals surface area contributed by atoms with Crippen LogP contribution in [0.15, 0.2) is 36.7 Å². The van der Waals surface area contributed by atoms with Gasteiger partial charge in [-0.05, 0) is 36.1 Å². The van der Waals surface area contributed by atoms with Crippen molar-refractivity contribution in [1.82, 2.24) is 20.0 Å². The van der Waals surface area contributed by atoms with Gasteiger partial charge in [-0.2, -0.15) is 5.10 Å². The molecule has 0 saturated carbocycles. The molecule has 2 aliphatic rings. The summed E-state index contributed by atoms with van der Waals surface area (Å²) in [5, 5.41) is 10.6. The summed E-state index contributed by atoms with van der Waals surface area (Å²) in [5.74, 6) is 0.237. The predicted octanol–water partition coefficient (Wildman–Crippen LogP) is 2.30. The monoisotopic (exact) mass is 417 g/mol. The minimum absolute atomic E-state index is 0. The largest absolute Gasteiger partial charge is 0.338 e. The van der Waals surface area contributed by atoms with Crippen LogP contribution >= 0.6 is 12.4 Å². The van der Waals surface area contributed by atoms with Crippen molar-refractivity contribution in [3.8, 4) is 0 Å². The number of nitrogens with zero attached hydrogens (tertiary/aromatic N) is 3. The van der Waals surface area contributed by atoms with Gasteiger partial charge in [0.1, 0.15) is 0 Å². The summed E-state index contributed by atoms with van der Waals surface area (Å²) in [5.41, 5.74) is 2.91. The normalized spacial score (nSPS) is 21.7. The molecule has 3 heterocycles. The van der Waals surface area contributed by atoms with Crippen molar-refractivity contribution in [1.29, 1.82) is 0 Å². The first kappa shape index (κ1) is 21.3. The molecule has 2 fully saturated rings. The molecular formula is C21H28ClN5O2. The topological polar surface area (TPSA) is 79.3 Å². The summed E-state index contributed by atoms with van der Waals surface area (Å²) in [4.78, 5) is 26.9. The quantitative estimate of drug-likeness (QED) is 0.782. The van der Waals surface area contributed by atoms with Gasteiger partial charge in [-0.25, -0.2) is 0 Å². The molecule has 2 aromatic rings. The molecule has 156 valence electrons. The van der Waals surface area contributed by atoms with Crippen molar-refractivity contribution in [3.63, 3.8) is 0 Å². The number of hydrogen-bond donors (Lipinski definition) is 2. The maximum absolute atomic E-state index is 12.9. The van der Waals surface area contributed by atoms with Gasteiger partial charge in [0.05, 0.1) is 12.1 Å². The minimum Gasteiger partial charge on any atom is -0.338 e. The van der Waals surface area contributed by atoms with Crippen molar-refractivity contribution in [2.24, 2.45) is 13.0 Å². The van der Waals surface area contributed by atoms with Crippen LogP contribution in [0, 0.1) is 5.92 Å². The van der Waals surface area contributed by atoms with E-state index in [1.54, 1.807) is 4.68 Å². The minimum atomic E-state index is -0.128. The number of likely N-dealkylation sites (tertiary alicyclic amines) is 1. The van der Waals surface area contributed by atoms with E-state index in [9.17, 15) is 9.59 Å². The van der Waals surface area contributed by atoms with Crippen molar-refractivity contribution in [3.05, 3.63) is 47.8 Å². The average molecular weight is 418 g/mol. The van der Waals surface area contributed by atoms with Crippen LogP contribution in [0.4, 0.5) is 5.69 Å². The van der Waals surface area contributed by atoms with Gasteiger partial charge < -0.3 is 15.5 Å². The molecule has 1 aromatic carbocycles. The summed E-state index contributed by atoms with van der Waals surface area (Å²) >= 11 is 0. The molecule has 7 nitrogen and oxygen atoms in total. The lowest BCUT2D eigenvalue weighted by Crippen LogP contribution is -2.34. The zero-order valence-electron chi connectivity index (χ0n) is 16.6. The van der Waals surface area contributed by atoms with Crippen LogP contribution in [0.1, 0.15) is 36.3 Å². The number of aromatic nitrogens is 2. The Labute approximate surface area is 177 Å². The Morgan fingerprint density at radius 1 is 1.31 bits per heavy atom. The second-order valence-electron chi connectivity index (χ2n) is 7.78. The Morgan fingerprint density at radius 2 is 2.17 bits per heavy atom. The summed E-state index contributed by atoms with van der Waals surface area (Å²) in [6, 6.07) is 7.82. The highest BCUT2D eigenvalue weighted by Gasteiger charge is 2.34. The second kappa shape index (κ2) is 9.41. The zero-order valence-corrected chi connectivity index (χ0v) is 17.5. The van der Waals surface area contributed by atoms with Crippen molar-refractivity contribution >= 4 is 29.9 Å². The van der Waals surface area contributed by atoms with Crippen LogP contribution in [0.5, 0.6) is 0 Å². The third-order valence-electron chi connectivity index (χ3n) is 5.69. The molecule has 2 N–H and O–H groups in total. The standard InChI is InChI=1S/C21H27N5O2.ClH/c1-25-14-16(10-23-25)18-11-22-12-19(18)21(28)24-17-6-4-5-15(9-17)13-26-8-3-2-7-20(26)27;/h4-6,9-10,14,18-19,22H,2-3,7-8,11-13H2,1H3,(H,24,28);1H/t18-,19+;/m1./s1. The number of benzene rings is 1. The molecule has 0 spiro atoms. The first-order valence-electron chi connectivity index (χ1n) is 9.97. The summed E-state index contributed by atoms with van der Waals surface area (Å²) in [7, 11) is 1.89. The van der Waals surface area contributed by atoms with Gasteiger partial charge in [-0.3, -0.25) is 14.3 Å². The Bertz CT molecular complexity index is 868. The Hall–Kier alpha value is -2.38. The number of amides is 2. The van der Waals surface area contributed by atoms with E-state index in [2.05, 4.69) is 15.7 Å². The maximum Gasteiger partial charge on any atom is 0.229 e. The van der Waals surface area contributed by atoms with Crippen LogP contribution in [-0.4, -0.2) is 46.1 Å². The summed E-state index contributed by atoms with van der Waals surface area (Å²) < 4.78 is 1.77.